The van der Waals surface area contributed by atoms with Crippen LogP contribution < -0.4 is 10.5 Å². The van der Waals surface area contributed by atoms with Crippen LogP contribution in [0.1, 0.15) is 5.56 Å². The van der Waals surface area contributed by atoms with Gasteiger partial charge >= 0.3 is 0 Å². The van der Waals surface area contributed by atoms with Crippen molar-refractivity contribution >= 4 is 0 Å². The highest BCUT2D eigenvalue weighted by molar-refractivity contribution is 5.35. The van der Waals surface area contributed by atoms with E-state index in [1.807, 2.05) is 18.2 Å². The third kappa shape index (κ3) is 1.82. The van der Waals surface area contributed by atoms with E-state index in [4.69, 9.17) is 15.2 Å². The lowest BCUT2D eigenvalue weighted by atomic mass is 10.0. The fourth-order valence-corrected chi connectivity index (χ4v) is 1.54. The quantitative estimate of drug-likeness (QED) is 0.687. The minimum atomic E-state index is 0.111. The summed E-state index contributed by atoms with van der Waals surface area (Å²) in [5.41, 5.74) is 6.50. The van der Waals surface area contributed by atoms with Crippen LogP contribution in [0.4, 0.5) is 0 Å². The minimum Gasteiger partial charge on any atom is -0.491 e. The Labute approximate surface area is 77.5 Å². The summed E-state index contributed by atoms with van der Waals surface area (Å²) in [6, 6.07) is 8.02. The number of hydrogen-bond acceptors (Lipinski definition) is 3. The third-order valence-electron chi connectivity index (χ3n) is 2.18. The molecule has 1 aromatic rings. The van der Waals surface area contributed by atoms with E-state index < -0.39 is 0 Å². The van der Waals surface area contributed by atoms with Crippen LogP contribution in [0, 0.1) is 0 Å². The molecule has 70 valence electrons. The van der Waals surface area contributed by atoms with Crippen molar-refractivity contribution in [3.8, 4) is 5.75 Å². The summed E-state index contributed by atoms with van der Waals surface area (Å²) in [6.45, 7) is 0.865. The van der Waals surface area contributed by atoms with Gasteiger partial charge in [-0.15, -0.1) is 0 Å². The molecule has 0 spiro atoms. The Morgan fingerprint density at radius 2 is 2.31 bits per heavy atom. The van der Waals surface area contributed by atoms with Gasteiger partial charge in [0.2, 0.25) is 0 Å². The molecule has 3 nitrogen and oxygen atoms in total. The van der Waals surface area contributed by atoms with Crippen LogP contribution >= 0.6 is 0 Å². The van der Waals surface area contributed by atoms with E-state index in [1.54, 1.807) is 0 Å². The van der Waals surface area contributed by atoms with E-state index >= 15 is 0 Å². The van der Waals surface area contributed by atoms with Gasteiger partial charge in [-0.2, -0.15) is 0 Å². The molecule has 0 aliphatic carbocycles. The van der Waals surface area contributed by atoms with Gasteiger partial charge < -0.3 is 15.2 Å². The molecule has 13 heavy (non-hydrogen) atoms. The fraction of sp³-hybridized carbons (Fsp3) is 0.400. The normalized spacial score (nSPS) is 20.5. The fourth-order valence-electron chi connectivity index (χ4n) is 1.54. The lowest BCUT2D eigenvalue weighted by molar-refractivity contribution is 0.0147. The Morgan fingerprint density at radius 1 is 1.46 bits per heavy atom. The lowest BCUT2D eigenvalue weighted by Crippen LogP contribution is -2.30. The second-order valence-corrected chi connectivity index (χ2v) is 3.08. The molecule has 1 aromatic carbocycles. The number of benzene rings is 1. The smallest absolute Gasteiger partial charge is 0.122 e. The number of hydrogen-bond donors (Lipinski definition) is 1. The Balaban J connectivity index is 2.11. The van der Waals surface area contributed by atoms with E-state index in [0.717, 1.165) is 12.2 Å². The monoisotopic (exact) mass is 179 g/mol. The van der Waals surface area contributed by atoms with Gasteiger partial charge in [-0.3, -0.25) is 0 Å². The molecule has 1 aliphatic heterocycles. The van der Waals surface area contributed by atoms with Gasteiger partial charge in [-0.05, 0) is 11.6 Å². The predicted octanol–water partition coefficient (Wildman–Crippen LogP) is 0.923. The molecule has 0 bridgehead atoms. The largest absolute Gasteiger partial charge is 0.491 e. The molecule has 3 heteroatoms. The standard InChI is InChI=1S/C10H13NO2/c11-7-13-9-5-8-3-1-2-4-10(8)12-6-9/h1-4,9H,5-7,11H2/t9-/m1/s1. The van der Waals surface area contributed by atoms with Gasteiger partial charge in [-0.25, -0.2) is 0 Å². The summed E-state index contributed by atoms with van der Waals surface area (Å²) < 4.78 is 10.8. The third-order valence-corrected chi connectivity index (χ3v) is 2.18. The van der Waals surface area contributed by atoms with Crippen LogP contribution in [0.15, 0.2) is 24.3 Å². The van der Waals surface area contributed by atoms with E-state index in [1.165, 1.54) is 5.56 Å². The van der Waals surface area contributed by atoms with Crippen molar-refractivity contribution in [3.05, 3.63) is 29.8 Å². The summed E-state index contributed by atoms with van der Waals surface area (Å²) in [5, 5.41) is 0. The van der Waals surface area contributed by atoms with Crippen molar-refractivity contribution in [1.29, 1.82) is 0 Å². The highest BCUT2D eigenvalue weighted by atomic mass is 16.5. The molecule has 0 aromatic heterocycles. The van der Waals surface area contributed by atoms with E-state index in [-0.39, 0.29) is 12.8 Å². The van der Waals surface area contributed by atoms with Crippen LogP contribution in [0.5, 0.6) is 5.75 Å². The number of para-hydroxylation sites is 1. The predicted molar refractivity (Wildman–Crippen MR) is 49.6 cm³/mol. The summed E-state index contributed by atoms with van der Waals surface area (Å²) in [7, 11) is 0. The second-order valence-electron chi connectivity index (χ2n) is 3.08. The molecule has 0 amide bonds. The molecule has 2 rings (SSSR count). The SMILES string of the molecule is NCO[C@H]1COc2ccccc2C1. The van der Waals surface area contributed by atoms with Gasteiger partial charge in [-0.1, -0.05) is 18.2 Å². The Bertz CT molecular complexity index is 288. The first kappa shape index (κ1) is 8.53. The molecule has 1 atom stereocenters. The van der Waals surface area contributed by atoms with E-state index in [0.29, 0.717) is 6.61 Å². The maximum atomic E-state index is 5.51. The summed E-state index contributed by atoms with van der Waals surface area (Å²) >= 11 is 0. The van der Waals surface area contributed by atoms with Crippen molar-refractivity contribution in [2.24, 2.45) is 5.73 Å². The molecule has 2 N–H and O–H groups in total. The van der Waals surface area contributed by atoms with Crippen LogP contribution in [-0.2, 0) is 11.2 Å². The maximum Gasteiger partial charge on any atom is 0.122 e. The number of ether oxygens (including phenoxy) is 2. The van der Waals surface area contributed by atoms with Gasteiger partial charge in [0.05, 0.1) is 12.8 Å². The topological polar surface area (TPSA) is 44.5 Å². The highest BCUT2D eigenvalue weighted by Gasteiger charge is 2.18. The first-order valence-corrected chi connectivity index (χ1v) is 4.42. The molecule has 0 unspecified atom stereocenters. The minimum absolute atomic E-state index is 0.111. The second kappa shape index (κ2) is 3.77. The Hall–Kier alpha value is -1.06. The van der Waals surface area contributed by atoms with Crippen molar-refractivity contribution in [3.63, 3.8) is 0 Å². The Morgan fingerprint density at radius 3 is 3.15 bits per heavy atom. The average molecular weight is 179 g/mol. The zero-order valence-corrected chi connectivity index (χ0v) is 7.40. The van der Waals surface area contributed by atoms with Crippen molar-refractivity contribution in [2.75, 3.05) is 13.3 Å². The van der Waals surface area contributed by atoms with Crippen LogP contribution in [0.3, 0.4) is 0 Å². The zero-order valence-electron chi connectivity index (χ0n) is 7.40. The highest BCUT2D eigenvalue weighted by Crippen LogP contribution is 2.24. The van der Waals surface area contributed by atoms with E-state index in [9.17, 15) is 0 Å². The van der Waals surface area contributed by atoms with Crippen LogP contribution in [0.2, 0.25) is 0 Å². The van der Waals surface area contributed by atoms with Gasteiger partial charge in [0.25, 0.3) is 0 Å². The van der Waals surface area contributed by atoms with Crippen molar-refractivity contribution < 1.29 is 9.47 Å². The molecule has 1 heterocycles. The number of fused-ring (bicyclic) bond motifs is 1. The van der Waals surface area contributed by atoms with Crippen molar-refractivity contribution in [2.45, 2.75) is 12.5 Å². The summed E-state index contributed by atoms with van der Waals surface area (Å²) in [4.78, 5) is 0. The zero-order chi connectivity index (χ0) is 9.10. The molecular formula is C10H13NO2. The van der Waals surface area contributed by atoms with Gasteiger partial charge in [0.15, 0.2) is 0 Å². The van der Waals surface area contributed by atoms with Gasteiger partial charge in [0, 0.05) is 6.42 Å². The Kier molecular flexibility index (Phi) is 2.47. The van der Waals surface area contributed by atoms with Crippen LogP contribution in [0.25, 0.3) is 0 Å². The molecular weight excluding hydrogens is 166 g/mol. The maximum absolute atomic E-state index is 5.51. The van der Waals surface area contributed by atoms with Crippen LogP contribution in [-0.4, -0.2) is 19.4 Å². The molecule has 1 aliphatic rings. The number of nitrogens with two attached hydrogens (primary N) is 1. The van der Waals surface area contributed by atoms with Gasteiger partial charge in [0.1, 0.15) is 12.4 Å². The average Bonchev–Trinajstić information content (AvgIpc) is 2.18. The molecule has 0 saturated heterocycles. The summed E-state index contributed by atoms with van der Waals surface area (Å²) in [6.07, 6.45) is 1.01. The van der Waals surface area contributed by atoms with E-state index in [2.05, 4.69) is 6.07 Å². The molecule has 0 saturated carbocycles. The molecule has 0 radical (unpaired) electrons. The lowest BCUT2D eigenvalue weighted by Gasteiger charge is -2.24. The first-order chi connectivity index (χ1) is 6.40. The first-order valence-electron chi connectivity index (χ1n) is 4.42. The summed E-state index contributed by atoms with van der Waals surface area (Å²) in [5.74, 6) is 0.972. The van der Waals surface area contributed by atoms with Crippen molar-refractivity contribution in [1.82, 2.24) is 0 Å². The molecule has 0 fully saturated rings. The number of rotatable bonds is 2.